The quantitative estimate of drug-likeness (QED) is 0.871. The van der Waals surface area contributed by atoms with Gasteiger partial charge >= 0.3 is 0 Å². The Bertz CT molecular complexity index is 568. The third-order valence-corrected chi connectivity index (χ3v) is 3.65. The molecule has 0 spiro atoms. The van der Waals surface area contributed by atoms with Gasteiger partial charge in [-0.3, -0.25) is 4.68 Å². The van der Waals surface area contributed by atoms with E-state index >= 15 is 0 Å². The summed E-state index contributed by atoms with van der Waals surface area (Å²) < 4.78 is 16.7. The van der Waals surface area contributed by atoms with E-state index in [9.17, 15) is 4.39 Å². The van der Waals surface area contributed by atoms with E-state index in [-0.39, 0.29) is 11.9 Å². The zero-order valence-electron chi connectivity index (χ0n) is 11.7. The molecule has 20 heavy (non-hydrogen) atoms. The van der Waals surface area contributed by atoms with Gasteiger partial charge in [0.1, 0.15) is 5.82 Å². The van der Waals surface area contributed by atoms with Crippen LogP contribution in [0.1, 0.15) is 30.6 Å². The monoisotopic (exact) mass is 339 g/mol. The van der Waals surface area contributed by atoms with Crippen LogP contribution in [-0.2, 0) is 13.5 Å². The molecular weight excluding hydrogens is 321 g/mol. The molecule has 1 aromatic carbocycles. The molecule has 0 fully saturated rings. The van der Waals surface area contributed by atoms with Crippen molar-refractivity contribution in [3.63, 3.8) is 0 Å². The van der Waals surface area contributed by atoms with Crippen molar-refractivity contribution in [1.82, 2.24) is 15.1 Å². The number of aryl methyl sites for hydroxylation is 1. The molecule has 2 rings (SSSR count). The second kappa shape index (κ2) is 6.99. The Morgan fingerprint density at radius 1 is 1.40 bits per heavy atom. The second-order valence-electron chi connectivity index (χ2n) is 4.86. The Balaban J connectivity index is 2.24. The van der Waals surface area contributed by atoms with Crippen molar-refractivity contribution in [1.29, 1.82) is 0 Å². The molecule has 0 amide bonds. The number of nitrogens with one attached hydrogen (secondary N) is 1. The molecule has 0 aliphatic carbocycles. The molecule has 108 valence electrons. The topological polar surface area (TPSA) is 29.9 Å². The molecule has 2 aromatic rings. The SMILES string of the molecule is CCCNC(Cc1ccn(C)n1)c1cc(Br)ccc1F. The van der Waals surface area contributed by atoms with E-state index < -0.39 is 0 Å². The molecule has 0 bridgehead atoms. The van der Waals surface area contributed by atoms with Gasteiger partial charge in [-0.1, -0.05) is 22.9 Å². The lowest BCUT2D eigenvalue weighted by atomic mass is 10.0. The van der Waals surface area contributed by atoms with Crippen LogP contribution < -0.4 is 5.32 Å². The van der Waals surface area contributed by atoms with E-state index in [0.717, 1.165) is 23.1 Å². The van der Waals surface area contributed by atoms with Gasteiger partial charge in [-0.25, -0.2) is 4.39 Å². The maximum absolute atomic E-state index is 14.1. The molecule has 0 saturated carbocycles. The van der Waals surface area contributed by atoms with Crippen molar-refractivity contribution in [2.45, 2.75) is 25.8 Å². The predicted octanol–water partition coefficient (Wildman–Crippen LogP) is 3.61. The number of nitrogens with zero attached hydrogens (tertiary/aromatic N) is 2. The van der Waals surface area contributed by atoms with Crippen LogP contribution in [0.5, 0.6) is 0 Å². The van der Waals surface area contributed by atoms with E-state index in [2.05, 4.69) is 33.3 Å². The summed E-state index contributed by atoms with van der Waals surface area (Å²) >= 11 is 3.41. The summed E-state index contributed by atoms with van der Waals surface area (Å²) in [5.74, 6) is -0.183. The third-order valence-electron chi connectivity index (χ3n) is 3.16. The first-order chi connectivity index (χ1) is 9.60. The molecule has 5 heteroatoms. The van der Waals surface area contributed by atoms with Gasteiger partial charge in [-0.15, -0.1) is 0 Å². The largest absolute Gasteiger partial charge is 0.310 e. The van der Waals surface area contributed by atoms with Gasteiger partial charge in [0.15, 0.2) is 0 Å². The Morgan fingerprint density at radius 2 is 2.20 bits per heavy atom. The zero-order chi connectivity index (χ0) is 14.5. The highest BCUT2D eigenvalue weighted by molar-refractivity contribution is 9.10. The van der Waals surface area contributed by atoms with Gasteiger partial charge in [0.05, 0.1) is 5.69 Å². The number of halogens is 2. The summed E-state index contributed by atoms with van der Waals surface area (Å²) in [6.07, 6.45) is 3.59. The Hall–Kier alpha value is -1.20. The smallest absolute Gasteiger partial charge is 0.128 e. The van der Waals surface area contributed by atoms with Crippen LogP contribution >= 0.6 is 15.9 Å². The van der Waals surface area contributed by atoms with Gasteiger partial charge < -0.3 is 5.32 Å². The van der Waals surface area contributed by atoms with E-state index in [1.54, 1.807) is 10.7 Å². The van der Waals surface area contributed by atoms with E-state index in [0.29, 0.717) is 12.0 Å². The van der Waals surface area contributed by atoms with E-state index in [1.807, 2.05) is 25.4 Å². The van der Waals surface area contributed by atoms with Gasteiger partial charge in [0.2, 0.25) is 0 Å². The summed E-state index contributed by atoms with van der Waals surface area (Å²) in [7, 11) is 1.89. The van der Waals surface area contributed by atoms with E-state index in [1.165, 1.54) is 6.07 Å². The first kappa shape index (κ1) is 15.2. The fraction of sp³-hybridized carbons (Fsp3) is 0.400. The van der Waals surface area contributed by atoms with Gasteiger partial charge in [-0.2, -0.15) is 5.10 Å². The zero-order valence-corrected chi connectivity index (χ0v) is 13.3. The second-order valence-corrected chi connectivity index (χ2v) is 5.77. The van der Waals surface area contributed by atoms with E-state index in [4.69, 9.17) is 0 Å². The molecule has 3 nitrogen and oxygen atoms in total. The average Bonchev–Trinajstić information content (AvgIpc) is 2.83. The van der Waals surface area contributed by atoms with Crippen molar-refractivity contribution >= 4 is 15.9 Å². The third kappa shape index (κ3) is 3.90. The molecule has 0 radical (unpaired) electrons. The van der Waals surface area contributed by atoms with Crippen LogP contribution in [0.15, 0.2) is 34.9 Å². The lowest BCUT2D eigenvalue weighted by Crippen LogP contribution is -2.25. The minimum absolute atomic E-state index is 0.0673. The number of rotatable bonds is 6. The standard InChI is InChI=1S/C15H19BrFN3/c1-3-7-18-15(10-12-6-8-20(2)19-12)13-9-11(16)4-5-14(13)17/h4-6,8-9,15,18H,3,7,10H2,1-2H3. The summed E-state index contributed by atoms with van der Waals surface area (Å²) in [5.41, 5.74) is 1.64. The lowest BCUT2D eigenvalue weighted by Gasteiger charge is -2.19. The summed E-state index contributed by atoms with van der Waals surface area (Å²) in [5, 5.41) is 7.78. The first-order valence-electron chi connectivity index (χ1n) is 6.77. The Kier molecular flexibility index (Phi) is 5.31. The van der Waals surface area contributed by atoms with Gasteiger partial charge in [0, 0.05) is 35.7 Å². The fourth-order valence-corrected chi connectivity index (χ4v) is 2.55. The molecule has 1 heterocycles. The number of hydrogen-bond donors (Lipinski definition) is 1. The maximum atomic E-state index is 14.1. The highest BCUT2D eigenvalue weighted by Gasteiger charge is 2.17. The number of aromatic nitrogens is 2. The predicted molar refractivity (Wildman–Crippen MR) is 82.0 cm³/mol. The molecular formula is C15H19BrFN3. The van der Waals surface area contributed by atoms with Crippen LogP contribution in [0.2, 0.25) is 0 Å². The lowest BCUT2D eigenvalue weighted by molar-refractivity contribution is 0.491. The molecule has 1 aromatic heterocycles. The van der Waals surface area contributed by atoms with Crippen molar-refractivity contribution in [3.05, 3.63) is 52.0 Å². The number of benzene rings is 1. The van der Waals surface area contributed by atoms with Crippen LogP contribution in [0.4, 0.5) is 4.39 Å². The molecule has 1 unspecified atom stereocenters. The van der Waals surface area contributed by atoms with Crippen molar-refractivity contribution < 1.29 is 4.39 Å². The Labute approximate surface area is 127 Å². The molecule has 0 aliphatic heterocycles. The van der Waals surface area contributed by atoms with Crippen molar-refractivity contribution in [2.75, 3.05) is 6.54 Å². The molecule has 1 atom stereocenters. The van der Waals surface area contributed by atoms with Crippen LogP contribution in [0, 0.1) is 5.82 Å². The molecule has 0 saturated heterocycles. The maximum Gasteiger partial charge on any atom is 0.128 e. The number of hydrogen-bond acceptors (Lipinski definition) is 2. The summed E-state index contributed by atoms with van der Waals surface area (Å²) in [6, 6.07) is 6.96. The van der Waals surface area contributed by atoms with Crippen molar-refractivity contribution in [3.8, 4) is 0 Å². The van der Waals surface area contributed by atoms with Gasteiger partial charge in [-0.05, 0) is 37.2 Å². The summed E-state index contributed by atoms with van der Waals surface area (Å²) in [4.78, 5) is 0. The van der Waals surface area contributed by atoms with Crippen LogP contribution in [0.25, 0.3) is 0 Å². The fourth-order valence-electron chi connectivity index (χ4n) is 2.17. The van der Waals surface area contributed by atoms with Crippen molar-refractivity contribution in [2.24, 2.45) is 7.05 Å². The van der Waals surface area contributed by atoms with Crippen LogP contribution in [-0.4, -0.2) is 16.3 Å². The molecule has 1 N–H and O–H groups in total. The minimum atomic E-state index is -0.183. The van der Waals surface area contributed by atoms with Crippen LogP contribution in [0.3, 0.4) is 0 Å². The molecule has 0 aliphatic rings. The first-order valence-corrected chi connectivity index (χ1v) is 7.56. The highest BCUT2D eigenvalue weighted by atomic mass is 79.9. The average molecular weight is 340 g/mol. The van der Waals surface area contributed by atoms with Gasteiger partial charge in [0.25, 0.3) is 0 Å². The Morgan fingerprint density at radius 3 is 2.85 bits per heavy atom. The normalized spacial score (nSPS) is 12.6. The highest BCUT2D eigenvalue weighted by Crippen LogP contribution is 2.24. The minimum Gasteiger partial charge on any atom is -0.310 e. The summed E-state index contributed by atoms with van der Waals surface area (Å²) in [6.45, 7) is 2.95.